The normalized spacial score (nSPS) is 14.1. The maximum Gasteiger partial charge on any atom is 0.273 e. The van der Waals surface area contributed by atoms with Crippen LogP contribution in [0.15, 0.2) is 45.1 Å². The SMILES string of the molecule is CCC(=O)Nc1c(C)noc1C=Cc1ccc(S(=O)(=O)N2CCCc3ccccc32)s1. The van der Waals surface area contributed by atoms with Crippen molar-refractivity contribution in [2.24, 2.45) is 0 Å². The molecule has 1 amide bonds. The summed E-state index contributed by atoms with van der Waals surface area (Å²) in [5.74, 6) is 0.286. The molecule has 0 saturated heterocycles. The number of hydrogen-bond donors (Lipinski definition) is 1. The zero-order valence-electron chi connectivity index (χ0n) is 17.3. The van der Waals surface area contributed by atoms with E-state index in [-0.39, 0.29) is 10.1 Å². The molecular weight excluding hydrogens is 434 g/mol. The summed E-state index contributed by atoms with van der Waals surface area (Å²) in [6, 6.07) is 11.0. The van der Waals surface area contributed by atoms with E-state index in [4.69, 9.17) is 4.52 Å². The van der Waals surface area contributed by atoms with Gasteiger partial charge in [0.25, 0.3) is 10.0 Å². The van der Waals surface area contributed by atoms with Crippen molar-refractivity contribution in [3.8, 4) is 0 Å². The molecule has 2 aromatic heterocycles. The van der Waals surface area contributed by atoms with Crippen LogP contribution in [0.4, 0.5) is 11.4 Å². The summed E-state index contributed by atoms with van der Waals surface area (Å²) in [4.78, 5) is 12.5. The third-order valence-corrected chi connectivity index (χ3v) is 8.42. The lowest BCUT2D eigenvalue weighted by atomic mass is 10.0. The van der Waals surface area contributed by atoms with Crippen LogP contribution in [0.3, 0.4) is 0 Å². The van der Waals surface area contributed by atoms with Crippen LogP contribution in [-0.4, -0.2) is 26.0 Å². The Balaban J connectivity index is 1.58. The lowest BCUT2D eigenvalue weighted by Gasteiger charge is -2.29. The number of para-hydroxylation sites is 1. The molecule has 0 saturated carbocycles. The summed E-state index contributed by atoms with van der Waals surface area (Å²) in [5.41, 5.74) is 2.92. The molecule has 7 nitrogen and oxygen atoms in total. The van der Waals surface area contributed by atoms with Gasteiger partial charge in [0.1, 0.15) is 15.6 Å². The van der Waals surface area contributed by atoms with Crippen molar-refractivity contribution < 1.29 is 17.7 Å². The van der Waals surface area contributed by atoms with E-state index in [1.807, 2.05) is 24.3 Å². The Bertz CT molecular complexity index is 1240. The van der Waals surface area contributed by atoms with Crippen LogP contribution < -0.4 is 9.62 Å². The van der Waals surface area contributed by atoms with Crippen LogP contribution in [0.1, 0.15) is 41.7 Å². The average Bonchev–Trinajstić information content (AvgIpc) is 3.39. The van der Waals surface area contributed by atoms with Gasteiger partial charge in [0.15, 0.2) is 5.76 Å². The van der Waals surface area contributed by atoms with Crippen LogP contribution in [0.25, 0.3) is 12.2 Å². The lowest BCUT2D eigenvalue weighted by Crippen LogP contribution is -2.35. The number of nitrogens with one attached hydrogen (secondary N) is 1. The van der Waals surface area contributed by atoms with Gasteiger partial charge in [0.2, 0.25) is 5.91 Å². The molecule has 31 heavy (non-hydrogen) atoms. The quantitative estimate of drug-likeness (QED) is 0.579. The van der Waals surface area contributed by atoms with Crippen LogP contribution >= 0.6 is 11.3 Å². The van der Waals surface area contributed by atoms with Gasteiger partial charge in [-0.3, -0.25) is 9.10 Å². The van der Waals surface area contributed by atoms with E-state index in [9.17, 15) is 13.2 Å². The molecule has 1 aliphatic rings. The zero-order chi connectivity index (χ0) is 22.0. The molecule has 9 heteroatoms. The highest BCUT2D eigenvalue weighted by Crippen LogP contribution is 2.34. The Morgan fingerprint density at radius 1 is 1.26 bits per heavy atom. The third kappa shape index (κ3) is 4.28. The van der Waals surface area contributed by atoms with Gasteiger partial charge >= 0.3 is 0 Å². The molecule has 0 unspecified atom stereocenters. The molecule has 0 aliphatic carbocycles. The second-order valence-corrected chi connectivity index (χ2v) is 10.4. The minimum Gasteiger partial charge on any atom is -0.354 e. The Kier molecular flexibility index (Phi) is 5.97. The summed E-state index contributed by atoms with van der Waals surface area (Å²) in [6.07, 6.45) is 5.47. The number of thiophene rings is 1. The van der Waals surface area contributed by atoms with Gasteiger partial charge in [-0.25, -0.2) is 8.42 Å². The molecule has 0 fully saturated rings. The molecule has 0 spiro atoms. The number of hydrogen-bond acceptors (Lipinski definition) is 6. The van der Waals surface area contributed by atoms with Crippen molar-refractivity contribution in [2.75, 3.05) is 16.2 Å². The van der Waals surface area contributed by atoms with E-state index in [0.29, 0.717) is 30.1 Å². The molecule has 0 bridgehead atoms. The predicted molar refractivity (Wildman–Crippen MR) is 123 cm³/mol. The van der Waals surface area contributed by atoms with Crippen molar-refractivity contribution in [2.45, 2.75) is 37.3 Å². The first kappa shape index (κ1) is 21.3. The second-order valence-electron chi connectivity index (χ2n) is 7.21. The molecule has 1 aliphatic heterocycles. The average molecular weight is 458 g/mol. The van der Waals surface area contributed by atoms with Gasteiger partial charge < -0.3 is 9.84 Å². The van der Waals surface area contributed by atoms with Gasteiger partial charge in [-0.05, 0) is 55.7 Å². The topological polar surface area (TPSA) is 92.5 Å². The summed E-state index contributed by atoms with van der Waals surface area (Å²) in [7, 11) is -3.64. The van der Waals surface area contributed by atoms with E-state index >= 15 is 0 Å². The van der Waals surface area contributed by atoms with Crippen LogP contribution in [0, 0.1) is 6.92 Å². The van der Waals surface area contributed by atoms with Crippen molar-refractivity contribution in [1.82, 2.24) is 5.16 Å². The summed E-state index contributed by atoms with van der Waals surface area (Å²) < 4.78 is 33.7. The number of sulfonamides is 1. The molecule has 3 heterocycles. The van der Waals surface area contributed by atoms with Crippen LogP contribution in [0.2, 0.25) is 0 Å². The Hall–Kier alpha value is -2.91. The first-order valence-corrected chi connectivity index (χ1v) is 12.3. The second kappa shape index (κ2) is 8.68. The van der Waals surface area contributed by atoms with Crippen molar-refractivity contribution >= 4 is 50.8 Å². The highest BCUT2D eigenvalue weighted by Gasteiger charge is 2.30. The Morgan fingerprint density at radius 2 is 2.06 bits per heavy atom. The molecule has 4 rings (SSSR count). The highest BCUT2D eigenvalue weighted by molar-refractivity contribution is 7.94. The molecule has 162 valence electrons. The standard InChI is InChI=1S/C22H23N3O4S2/c1-3-20(26)23-22-15(2)24-29-19(22)12-10-17-11-13-21(30-17)31(27,28)25-14-6-8-16-7-4-5-9-18(16)25/h4-5,7,9-13H,3,6,8,14H2,1-2H3,(H,23,26). The molecule has 1 N–H and O–H groups in total. The number of benzene rings is 1. The first-order chi connectivity index (χ1) is 14.9. The predicted octanol–water partition coefficient (Wildman–Crippen LogP) is 4.70. The van der Waals surface area contributed by atoms with Crippen molar-refractivity contribution in [3.63, 3.8) is 0 Å². The van der Waals surface area contributed by atoms with Crippen LogP contribution in [-0.2, 0) is 21.2 Å². The fourth-order valence-corrected chi connectivity index (χ4v) is 6.34. The molecule has 0 radical (unpaired) electrons. The summed E-state index contributed by atoms with van der Waals surface area (Å²) in [6.45, 7) is 3.99. The fourth-order valence-electron chi connectivity index (χ4n) is 3.46. The largest absolute Gasteiger partial charge is 0.354 e. The minimum atomic E-state index is -3.64. The summed E-state index contributed by atoms with van der Waals surface area (Å²) >= 11 is 1.19. The smallest absolute Gasteiger partial charge is 0.273 e. The van der Waals surface area contributed by atoms with Gasteiger partial charge in [0.05, 0.1) is 5.69 Å². The maximum atomic E-state index is 13.3. The van der Waals surface area contributed by atoms with E-state index in [1.54, 1.807) is 38.1 Å². The van der Waals surface area contributed by atoms with Crippen molar-refractivity contribution in [1.29, 1.82) is 0 Å². The monoisotopic (exact) mass is 457 g/mol. The van der Waals surface area contributed by atoms with E-state index in [2.05, 4.69) is 10.5 Å². The zero-order valence-corrected chi connectivity index (χ0v) is 18.9. The number of carbonyl (C=O) groups is 1. The Labute approximate surface area is 185 Å². The number of amides is 1. The van der Waals surface area contributed by atoms with E-state index < -0.39 is 10.0 Å². The number of fused-ring (bicyclic) bond motifs is 1. The van der Waals surface area contributed by atoms with E-state index in [1.165, 1.54) is 15.6 Å². The van der Waals surface area contributed by atoms with Gasteiger partial charge in [-0.2, -0.15) is 0 Å². The summed E-state index contributed by atoms with van der Waals surface area (Å²) in [5, 5.41) is 6.68. The number of nitrogens with zero attached hydrogens (tertiary/aromatic N) is 2. The van der Waals surface area contributed by atoms with Gasteiger partial charge in [-0.1, -0.05) is 30.3 Å². The fraction of sp³-hybridized carbons (Fsp3) is 0.273. The number of anilines is 2. The van der Waals surface area contributed by atoms with Gasteiger partial charge in [0, 0.05) is 17.8 Å². The molecule has 3 aromatic rings. The number of aryl methyl sites for hydroxylation is 2. The van der Waals surface area contributed by atoms with Crippen molar-refractivity contribution in [3.05, 3.63) is 58.3 Å². The highest BCUT2D eigenvalue weighted by atomic mass is 32.2. The van der Waals surface area contributed by atoms with Crippen LogP contribution in [0.5, 0.6) is 0 Å². The molecule has 1 aromatic carbocycles. The van der Waals surface area contributed by atoms with Gasteiger partial charge in [-0.15, -0.1) is 11.3 Å². The minimum absolute atomic E-state index is 0.132. The first-order valence-electron chi connectivity index (χ1n) is 10.0. The molecular formula is C22H23N3O4S2. The number of carbonyl (C=O) groups excluding carboxylic acids is 1. The number of rotatable bonds is 6. The maximum absolute atomic E-state index is 13.3. The number of aromatic nitrogens is 1. The lowest BCUT2D eigenvalue weighted by molar-refractivity contribution is -0.115. The molecule has 0 atom stereocenters. The Morgan fingerprint density at radius 3 is 2.87 bits per heavy atom. The third-order valence-electron chi connectivity index (χ3n) is 5.09. The van der Waals surface area contributed by atoms with E-state index in [0.717, 1.165) is 29.0 Å².